The van der Waals surface area contributed by atoms with E-state index in [1.54, 1.807) is 18.5 Å². The number of oxazole rings is 1. The highest BCUT2D eigenvalue weighted by Gasteiger charge is 2.22. The number of nitrogens with one attached hydrogen (secondary N) is 2. The predicted octanol–water partition coefficient (Wildman–Crippen LogP) is 1.27. The van der Waals surface area contributed by atoms with Crippen molar-refractivity contribution in [2.75, 3.05) is 18.4 Å². The third-order valence-corrected chi connectivity index (χ3v) is 5.58. The van der Waals surface area contributed by atoms with Gasteiger partial charge in [0.1, 0.15) is 6.26 Å². The molecule has 1 aliphatic rings. The van der Waals surface area contributed by atoms with E-state index in [4.69, 9.17) is 28.0 Å². The molecule has 4 heterocycles. The third-order valence-electron chi connectivity index (χ3n) is 5.58. The number of rotatable bonds is 5. The van der Waals surface area contributed by atoms with E-state index in [0.29, 0.717) is 17.2 Å². The number of carbonyl (C=O) groups is 1. The number of hydrogen-bond donors (Lipinski definition) is 2. The Morgan fingerprint density at radius 2 is 1.97 bits per heavy atom. The molecule has 1 fully saturated rings. The largest absolute Gasteiger partial charge is 0.448 e. The minimum Gasteiger partial charge on any atom is -0.448 e. The highest BCUT2D eigenvalue weighted by Crippen LogP contribution is 2.26. The van der Waals surface area contributed by atoms with Crippen LogP contribution in [-0.4, -0.2) is 67.5 Å². The van der Waals surface area contributed by atoms with Crippen LogP contribution in [0.1, 0.15) is 35.1 Å². The molecule has 9 nitrogen and oxygen atoms in total. The topological polar surface area (TPSA) is 111 Å². The van der Waals surface area contributed by atoms with E-state index in [1.165, 1.54) is 10.9 Å². The SMILES string of the molecule is [B]C([B])([B])n1cc(-c2ccc3nnc(NC(=O)c4coc(C5CCNCC5)n4)cc3c2)cn1. The minimum absolute atomic E-state index is 0.209. The van der Waals surface area contributed by atoms with Crippen molar-refractivity contribution in [3.63, 3.8) is 0 Å². The molecule has 4 aromatic rings. The van der Waals surface area contributed by atoms with Gasteiger partial charge in [-0.15, -0.1) is 10.2 Å². The molecule has 33 heavy (non-hydrogen) atoms. The van der Waals surface area contributed by atoms with Gasteiger partial charge in [-0.3, -0.25) is 9.48 Å². The standard InChI is InChI=1S/C21H18B3N7O2/c22-21(23,24)31-10-15(9-26-31)13-1-2-16-14(7-13)8-18(30-29-16)28-19(32)17-11-33-20(27-17)12-3-5-25-6-4-12/h1-2,7-12,25H,3-6H2,(H,28,30,32). The van der Waals surface area contributed by atoms with Gasteiger partial charge < -0.3 is 15.1 Å². The normalized spacial score (nSPS) is 15.0. The average molecular weight is 433 g/mol. The molecule has 0 spiro atoms. The zero-order chi connectivity index (χ0) is 23.0. The molecule has 6 radical (unpaired) electrons. The maximum atomic E-state index is 12.7. The van der Waals surface area contributed by atoms with Crippen LogP contribution in [0.15, 0.2) is 47.3 Å². The van der Waals surface area contributed by atoms with E-state index in [2.05, 4.69) is 30.9 Å². The Hall–Kier alpha value is -3.40. The van der Waals surface area contributed by atoms with Gasteiger partial charge >= 0.3 is 0 Å². The molecule has 0 bridgehead atoms. The Morgan fingerprint density at radius 1 is 1.15 bits per heavy atom. The van der Waals surface area contributed by atoms with Crippen LogP contribution in [-0.2, 0) is 5.24 Å². The summed E-state index contributed by atoms with van der Waals surface area (Å²) in [6.45, 7) is 1.82. The summed E-state index contributed by atoms with van der Waals surface area (Å²) in [6.07, 6.45) is 6.51. The Balaban J connectivity index is 1.35. The highest BCUT2D eigenvalue weighted by atomic mass is 16.3. The summed E-state index contributed by atoms with van der Waals surface area (Å²) in [7, 11) is 17.0. The van der Waals surface area contributed by atoms with Crippen molar-refractivity contribution in [2.45, 2.75) is 24.0 Å². The molecule has 1 aliphatic heterocycles. The maximum absolute atomic E-state index is 12.7. The van der Waals surface area contributed by atoms with Crippen LogP contribution in [0.4, 0.5) is 5.82 Å². The quantitative estimate of drug-likeness (QED) is 0.457. The molecule has 5 rings (SSSR count). The highest BCUT2D eigenvalue weighted by molar-refractivity contribution is 6.56. The van der Waals surface area contributed by atoms with Crippen molar-refractivity contribution in [3.05, 3.63) is 54.5 Å². The minimum atomic E-state index is -1.59. The maximum Gasteiger partial charge on any atom is 0.278 e. The summed E-state index contributed by atoms with van der Waals surface area (Å²) < 4.78 is 6.83. The summed E-state index contributed by atoms with van der Waals surface area (Å²) in [5.41, 5.74) is 2.51. The van der Waals surface area contributed by atoms with Crippen molar-refractivity contribution in [2.24, 2.45) is 0 Å². The van der Waals surface area contributed by atoms with E-state index in [1.807, 2.05) is 18.2 Å². The molecule has 1 saturated heterocycles. The van der Waals surface area contributed by atoms with Crippen LogP contribution in [0, 0.1) is 0 Å². The van der Waals surface area contributed by atoms with Crippen LogP contribution in [0.3, 0.4) is 0 Å². The average Bonchev–Trinajstić information content (AvgIpc) is 3.49. The van der Waals surface area contributed by atoms with E-state index in [9.17, 15) is 4.79 Å². The molecule has 1 amide bonds. The van der Waals surface area contributed by atoms with Crippen molar-refractivity contribution in [3.8, 4) is 11.1 Å². The van der Waals surface area contributed by atoms with E-state index in [-0.39, 0.29) is 11.6 Å². The molecule has 0 unspecified atom stereocenters. The van der Waals surface area contributed by atoms with Gasteiger partial charge in [0.25, 0.3) is 5.91 Å². The van der Waals surface area contributed by atoms with Gasteiger partial charge in [0.15, 0.2) is 17.4 Å². The molecule has 1 aromatic carbocycles. The van der Waals surface area contributed by atoms with Crippen molar-refractivity contribution >= 4 is 46.2 Å². The van der Waals surface area contributed by atoms with Crippen LogP contribution in [0.5, 0.6) is 0 Å². The van der Waals surface area contributed by atoms with Gasteiger partial charge in [0.05, 0.1) is 35.3 Å². The van der Waals surface area contributed by atoms with Gasteiger partial charge in [0, 0.05) is 23.1 Å². The number of carbonyl (C=O) groups excluding carboxylic acids is 1. The number of anilines is 1. The Kier molecular flexibility index (Phi) is 5.53. The number of aromatic nitrogens is 5. The van der Waals surface area contributed by atoms with Crippen molar-refractivity contribution in [1.29, 1.82) is 0 Å². The molecule has 2 N–H and O–H groups in total. The second-order valence-corrected chi connectivity index (χ2v) is 8.11. The first-order valence-corrected chi connectivity index (χ1v) is 10.5. The van der Waals surface area contributed by atoms with Crippen LogP contribution in [0.25, 0.3) is 22.0 Å². The van der Waals surface area contributed by atoms with Crippen LogP contribution >= 0.6 is 0 Å². The first-order valence-electron chi connectivity index (χ1n) is 10.5. The van der Waals surface area contributed by atoms with Crippen LogP contribution in [0.2, 0.25) is 0 Å². The number of amides is 1. The summed E-state index contributed by atoms with van der Waals surface area (Å²) in [5, 5.41) is 17.6. The number of piperidine rings is 1. The number of hydrogen-bond acceptors (Lipinski definition) is 7. The van der Waals surface area contributed by atoms with Gasteiger partial charge in [0.2, 0.25) is 0 Å². The van der Waals surface area contributed by atoms with Crippen LogP contribution < -0.4 is 10.6 Å². The van der Waals surface area contributed by atoms with Gasteiger partial charge in [-0.25, -0.2) is 4.98 Å². The molecular formula is C21H18B3N7O2. The smallest absolute Gasteiger partial charge is 0.278 e. The second kappa shape index (κ2) is 8.51. The lowest BCUT2D eigenvalue weighted by atomic mass is 9.49. The number of fused-ring (bicyclic) bond motifs is 1. The molecule has 0 aliphatic carbocycles. The third kappa shape index (κ3) is 4.56. The summed E-state index contributed by atoms with van der Waals surface area (Å²) in [5.74, 6) is 0.707. The van der Waals surface area contributed by atoms with E-state index < -0.39 is 11.1 Å². The number of nitrogens with zero attached hydrogens (tertiary/aromatic N) is 5. The van der Waals surface area contributed by atoms with E-state index in [0.717, 1.165) is 42.4 Å². The first-order chi connectivity index (χ1) is 15.9. The summed E-state index contributed by atoms with van der Waals surface area (Å²) >= 11 is 0. The zero-order valence-electron chi connectivity index (χ0n) is 17.7. The van der Waals surface area contributed by atoms with Crippen molar-refractivity contribution in [1.82, 2.24) is 30.3 Å². The Bertz CT molecular complexity index is 1310. The van der Waals surface area contributed by atoms with Crippen molar-refractivity contribution < 1.29 is 9.21 Å². The lowest BCUT2D eigenvalue weighted by Gasteiger charge is -2.20. The Labute approximate surface area is 194 Å². The fourth-order valence-electron chi connectivity index (χ4n) is 3.80. The molecule has 3 aromatic heterocycles. The molecule has 12 heteroatoms. The van der Waals surface area contributed by atoms with Gasteiger partial charge in [-0.05, 0) is 54.9 Å². The second-order valence-electron chi connectivity index (χ2n) is 8.11. The number of benzene rings is 1. The molecule has 158 valence electrons. The summed E-state index contributed by atoms with van der Waals surface area (Å²) in [4.78, 5) is 17.0. The molecular weight excluding hydrogens is 415 g/mol. The first kappa shape index (κ1) is 21.5. The fourth-order valence-corrected chi connectivity index (χ4v) is 3.80. The lowest BCUT2D eigenvalue weighted by Crippen LogP contribution is -2.35. The molecule has 0 saturated carbocycles. The predicted molar refractivity (Wildman–Crippen MR) is 125 cm³/mol. The van der Waals surface area contributed by atoms with E-state index >= 15 is 0 Å². The Morgan fingerprint density at radius 3 is 2.73 bits per heavy atom. The molecule has 0 atom stereocenters. The fraction of sp³-hybridized carbons (Fsp3) is 0.286. The lowest BCUT2D eigenvalue weighted by molar-refractivity contribution is 0.102. The zero-order valence-corrected chi connectivity index (χ0v) is 17.7. The monoisotopic (exact) mass is 433 g/mol. The van der Waals surface area contributed by atoms with Gasteiger partial charge in [-0.2, -0.15) is 5.10 Å². The van der Waals surface area contributed by atoms with Gasteiger partial charge in [-0.1, -0.05) is 6.07 Å². The summed E-state index contributed by atoms with van der Waals surface area (Å²) in [6, 6.07) is 7.34.